The quantitative estimate of drug-likeness (QED) is 0.0257. The summed E-state index contributed by atoms with van der Waals surface area (Å²) in [6.07, 6.45) is 129. The molecule has 150 heavy (non-hydrogen) atoms. The summed E-state index contributed by atoms with van der Waals surface area (Å²) in [6.45, 7) is 24.2. The Hall–Kier alpha value is -4.37. The Balaban J connectivity index is -0.00000102. The molecule has 11 nitrogen and oxygen atoms in total. The van der Waals surface area contributed by atoms with Gasteiger partial charge in [0, 0.05) is 69.2 Å². The van der Waals surface area contributed by atoms with Crippen LogP contribution in [0.25, 0.3) is 0 Å². The van der Waals surface area contributed by atoms with Crippen LogP contribution in [-0.4, -0.2) is 127 Å². The molecule has 0 saturated carbocycles. The largest absolute Gasteiger partial charge is 1.00 e. The Bertz CT molecular complexity index is 3240. The Morgan fingerprint density at radius 2 is 0.447 bits per heavy atom. The van der Waals surface area contributed by atoms with E-state index in [-0.39, 0.29) is 61.9 Å². The van der Waals surface area contributed by atoms with Crippen LogP contribution < -0.4 is 43.0 Å². The van der Waals surface area contributed by atoms with Crippen LogP contribution in [0, 0.1) is 0 Å². The smallest absolute Gasteiger partial charge is 0.306 e. The van der Waals surface area contributed by atoms with E-state index in [4.69, 9.17) is 28.4 Å². The van der Waals surface area contributed by atoms with Crippen LogP contribution >= 0.6 is 0 Å². The number of halogens is 3. The van der Waals surface area contributed by atoms with Crippen molar-refractivity contribution in [3.8, 4) is 0 Å². The van der Waals surface area contributed by atoms with Crippen LogP contribution in [-0.2, 0) is 57.6 Å². The van der Waals surface area contributed by atoms with Gasteiger partial charge in [0.1, 0.15) is 38.9 Å². The summed E-state index contributed by atoms with van der Waals surface area (Å²) in [5, 5.41) is 0. The molecule has 874 valence electrons. The van der Waals surface area contributed by atoms with Crippen LogP contribution in [0.5, 0.6) is 0 Å². The Morgan fingerprint density at radius 3 is 0.700 bits per heavy atom. The number of esters is 2. The summed E-state index contributed by atoms with van der Waals surface area (Å²) in [6, 6.07) is 31.5. The van der Waals surface area contributed by atoms with Crippen molar-refractivity contribution >= 4 is 11.9 Å². The third-order valence-corrected chi connectivity index (χ3v) is 28.2. The standard InChI is InChI=1S/C46H80NO4.C44H80NO2.C39H76O2.C7H9N.3ClH/c1-5-7-9-11-13-15-17-19-21-23-25-27-29-34-38-45(48)50-42-44(41-47(3,4)40-43-36-32-31-33-37-43)51-46(49)39-35-30-28-26-24-22-20-18-16-14-12-10-8-6-2;1-5-7-9-11-13-15-17-19-21-23-25-27-29-34-38-46-42-44(41-45(3,4)40-43-36-32-31-33-37-43)47-39-35-30-28-26-24-22-20-18-16-14-12-10-8-6-2;1-3-5-7-9-11-13-15-17-19-21-23-25-27-29-32-36-40-38-34-31-35-39-41-37-33-30-28-26-24-22-20-18-16-14-12-10-8-6-4-2;8-6-7-4-2-1-3-5-7;;;/h19-22,31-33,36-37,44H,5-18,23-30,34-35,38-42H2,1-4H3;19-22,31-33,36-37,44H,5-18,23-30,34-35,38-42H2,1-4H3;17-20H,3-16,21-39H2,1-2H3;1-5H,6,8H2;3*1H/q2*+1;;;;;/p-2/b2*21-19-,22-20-;19-17-,20-18-;;;;. The minimum absolute atomic E-state index is 0. The first-order valence-electron chi connectivity index (χ1n) is 63.4. The van der Waals surface area contributed by atoms with Gasteiger partial charge in [-0.1, -0.05) is 488 Å². The van der Waals surface area contributed by atoms with Crippen molar-refractivity contribution < 1.29 is 89.9 Å². The van der Waals surface area contributed by atoms with E-state index in [0.29, 0.717) is 30.5 Å². The molecule has 0 spiro atoms. The molecule has 0 saturated heterocycles. The van der Waals surface area contributed by atoms with Crippen molar-refractivity contribution in [2.24, 2.45) is 0 Å². The predicted octanol–water partition coefficient (Wildman–Crippen LogP) is 31.1. The lowest BCUT2D eigenvalue weighted by molar-refractivity contribution is -0.906. The summed E-state index contributed by atoms with van der Waals surface area (Å²) in [5.74, 6) is -0.375. The van der Waals surface area contributed by atoms with Gasteiger partial charge in [0.2, 0.25) is 0 Å². The fourth-order valence-electron chi connectivity index (χ4n) is 19.0. The van der Waals surface area contributed by atoms with Gasteiger partial charge in [0.15, 0.2) is 6.10 Å². The number of carbonyl (C=O) groups excluding carboxylic acids is 2. The van der Waals surface area contributed by atoms with Crippen LogP contribution in [0.15, 0.2) is 164 Å². The molecular formula is C136H246Cl3N3O8. The molecule has 0 heterocycles. The summed E-state index contributed by atoms with van der Waals surface area (Å²) >= 11 is 0. The highest BCUT2D eigenvalue weighted by atomic mass is 35.5. The predicted molar refractivity (Wildman–Crippen MR) is 644 cm³/mol. The molecule has 2 unspecified atom stereocenters. The third kappa shape index (κ3) is 121. The summed E-state index contributed by atoms with van der Waals surface area (Å²) in [7, 11) is 8.93. The first kappa shape index (κ1) is 152. The van der Waals surface area contributed by atoms with E-state index in [1.165, 1.54) is 447 Å². The van der Waals surface area contributed by atoms with E-state index < -0.39 is 6.10 Å². The number of ether oxygens (including phenoxy) is 6. The second kappa shape index (κ2) is 126. The van der Waals surface area contributed by atoms with E-state index >= 15 is 0 Å². The van der Waals surface area contributed by atoms with Gasteiger partial charge in [-0.2, -0.15) is 0 Å². The number of unbranched alkanes of at least 4 members (excludes halogenated alkanes) is 64. The molecule has 0 aliphatic rings. The Kier molecular flexibility index (Phi) is 128. The Morgan fingerprint density at radius 1 is 0.240 bits per heavy atom. The molecule has 2 atom stereocenters. The van der Waals surface area contributed by atoms with Gasteiger partial charge in [-0.15, -0.1) is 0 Å². The maximum Gasteiger partial charge on any atom is 0.306 e. The topological polar surface area (TPSA) is 117 Å². The molecule has 3 aromatic carbocycles. The number of rotatable bonds is 107. The molecule has 3 aromatic rings. The highest BCUT2D eigenvalue weighted by molar-refractivity contribution is 5.70. The molecular weight excluding hydrogens is 1910 g/mol. The highest BCUT2D eigenvalue weighted by Gasteiger charge is 2.28. The summed E-state index contributed by atoms with van der Waals surface area (Å²) < 4.78 is 37.6. The first-order chi connectivity index (χ1) is 72.3. The number of hydrogen-bond donors (Lipinski definition) is 1. The van der Waals surface area contributed by atoms with E-state index in [9.17, 15) is 9.59 Å². The van der Waals surface area contributed by atoms with Gasteiger partial charge in [0.25, 0.3) is 0 Å². The van der Waals surface area contributed by atoms with Gasteiger partial charge in [-0.3, -0.25) is 9.59 Å². The molecule has 0 amide bonds. The van der Waals surface area contributed by atoms with Gasteiger partial charge >= 0.3 is 11.9 Å². The molecule has 0 aliphatic carbocycles. The minimum atomic E-state index is -0.458. The van der Waals surface area contributed by atoms with Crippen molar-refractivity contribution in [2.45, 2.75) is 581 Å². The number of quaternary nitrogens is 3. The van der Waals surface area contributed by atoms with Crippen LogP contribution in [0.4, 0.5) is 0 Å². The molecule has 0 radical (unpaired) electrons. The monoisotopic (exact) mass is 2150 g/mol. The summed E-state index contributed by atoms with van der Waals surface area (Å²) in [4.78, 5) is 25.5. The average molecular weight is 2160 g/mol. The minimum Gasteiger partial charge on any atom is -1.00 e. The van der Waals surface area contributed by atoms with E-state index in [1.54, 1.807) is 0 Å². The Labute approximate surface area is 950 Å². The van der Waals surface area contributed by atoms with Crippen molar-refractivity contribution in [3.63, 3.8) is 0 Å². The number of nitrogens with zero attached hydrogens (tertiary/aromatic N) is 2. The van der Waals surface area contributed by atoms with Gasteiger partial charge in [-0.25, -0.2) is 0 Å². The number of carbonyl (C=O) groups is 2. The lowest BCUT2D eigenvalue weighted by Crippen LogP contribution is -3.00. The zero-order valence-corrected chi connectivity index (χ0v) is 103. The van der Waals surface area contributed by atoms with Gasteiger partial charge in [0.05, 0.1) is 41.3 Å². The van der Waals surface area contributed by atoms with Crippen LogP contribution in [0.2, 0.25) is 0 Å². The summed E-state index contributed by atoms with van der Waals surface area (Å²) in [5.41, 5.74) is 7.67. The number of benzene rings is 3. The second-order valence-corrected chi connectivity index (χ2v) is 44.5. The zero-order valence-electron chi connectivity index (χ0n) is 100. The third-order valence-electron chi connectivity index (χ3n) is 28.2. The van der Waals surface area contributed by atoms with E-state index in [0.717, 1.165) is 135 Å². The molecule has 3 rings (SSSR count). The lowest BCUT2D eigenvalue weighted by atomic mass is 10.1. The average Bonchev–Trinajstić information content (AvgIpc) is 0.869. The maximum atomic E-state index is 12.9. The van der Waals surface area contributed by atoms with Gasteiger partial charge < -0.3 is 80.3 Å². The van der Waals surface area contributed by atoms with Gasteiger partial charge in [-0.05, 0) is 212 Å². The molecule has 14 heteroatoms. The normalized spacial score (nSPS) is 12.1. The maximum absolute atomic E-state index is 12.9. The molecule has 0 aliphatic heterocycles. The van der Waals surface area contributed by atoms with Crippen molar-refractivity contribution in [2.75, 3.05) is 94.1 Å². The highest BCUT2D eigenvalue weighted by Crippen LogP contribution is 2.22. The fourth-order valence-corrected chi connectivity index (χ4v) is 19.0. The van der Waals surface area contributed by atoms with Crippen LogP contribution in [0.1, 0.15) is 565 Å². The number of likely N-dealkylation sites (N-methyl/N-ethyl adjacent to an activating group) is 2. The SMILES string of the molecule is CCCCCCCC/C=C\CCCCCCC(=O)OCC(C[N+](C)(C)Cc1ccccc1)OC(=O)CCCCCC/C=C\CCCCCCCC.CCCCCCCC/C=C\CCCCCCCOCCCCCOCCCCCCC/C=C\CCCCCCCC.CCCCCCCC/C=C\CCCCCCOCC(C[N+](C)(C)Cc1ccccc1)OCCCCCC/C=C\CCCCCCCC.[Cl-].[Cl-].[Cl-].[NH3+]Cc1ccccc1. The number of allylic oxidation sites excluding steroid dienone is 12. The number of hydrogen-bond acceptors (Lipinski definition) is 8. The van der Waals surface area contributed by atoms with Crippen molar-refractivity contribution in [3.05, 3.63) is 181 Å². The lowest BCUT2D eigenvalue weighted by Gasteiger charge is -2.33. The first-order valence-corrected chi connectivity index (χ1v) is 63.4. The second-order valence-electron chi connectivity index (χ2n) is 44.5. The van der Waals surface area contributed by atoms with Crippen molar-refractivity contribution in [1.29, 1.82) is 0 Å². The molecule has 0 aromatic heterocycles. The molecule has 0 fully saturated rings. The van der Waals surface area contributed by atoms with E-state index in [2.05, 4.69) is 215 Å². The van der Waals surface area contributed by atoms with E-state index in [1.807, 2.05) is 24.3 Å². The van der Waals surface area contributed by atoms with Crippen LogP contribution in [0.3, 0.4) is 0 Å². The van der Waals surface area contributed by atoms with Crippen molar-refractivity contribution in [1.82, 2.24) is 0 Å². The zero-order chi connectivity index (χ0) is 106. The fraction of sp³-hybridized carbons (Fsp3) is 0.765. The molecule has 3 N–H and O–H groups in total. The molecule has 0 bridgehead atoms.